The maximum Gasteiger partial charge on any atom is 0.114 e. The van der Waals surface area contributed by atoms with Crippen LogP contribution in [0.2, 0.25) is 0 Å². The fourth-order valence-electron chi connectivity index (χ4n) is 1.09. The maximum atomic E-state index is 7.67. The summed E-state index contributed by atoms with van der Waals surface area (Å²) in [6.45, 7) is 0. The van der Waals surface area contributed by atoms with E-state index < -0.39 is 10.7 Å². The van der Waals surface area contributed by atoms with E-state index in [1.165, 1.54) is 0 Å². The average Bonchev–Trinajstić information content (AvgIpc) is 2.06. The molecule has 1 atom stereocenters. The van der Waals surface area contributed by atoms with Crippen LogP contribution in [0.25, 0.3) is 6.08 Å². The summed E-state index contributed by atoms with van der Waals surface area (Å²) in [6.07, 6.45) is 5.84. The first-order chi connectivity index (χ1) is 5.38. The summed E-state index contributed by atoms with van der Waals surface area (Å²) >= 11 is 0. The molecule has 56 valence electrons. The highest BCUT2D eigenvalue weighted by Crippen LogP contribution is 2.17. The van der Waals surface area contributed by atoms with Crippen LogP contribution in [0, 0.1) is 4.78 Å². The summed E-state index contributed by atoms with van der Waals surface area (Å²) < 4.78 is 7.67. The lowest BCUT2D eigenvalue weighted by molar-refractivity contribution is 1.10. The van der Waals surface area contributed by atoms with Crippen molar-refractivity contribution in [2.45, 2.75) is 5.03 Å². The fourth-order valence-corrected chi connectivity index (χ4v) is 2.14. The highest BCUT2D eigenvalue weighted by molar-refractivity contribution is 7.86. The Balaban J connectivity index is 2.63. The molecular formula is C8H8N2S. The molecular weight excluding hydrogens is 156 g/mol. The van der Waals surface area contributed by atoms with Gasteiger partial charge in [0.15, 0.2) is 0 Å². The minimum atomic E-state index is -0.413. The van der Waals surface area contributed by atoms with Crippen LogP contribution in [0.5, 0.6) is 0 Å². The lowest BCUT2D eigenvalue weighted by atomic mass is 10.2. The molecule has 2 rings (SSSR count). The summed E-state index contributed by atoms with van der Waals surface area (Å²) in [5.41, 5.74) is 1.11. The van der Waals surface area contributed by atoms with Crippen molar-refractivity contribution in [2.75, 3.05) is 5.75 Å². The first-order valence-electron chi connectivity index (χ1n) is 3.41. The Kier molecular flexibility index (Phi) is 1.58. The number of rotatable bonds is 0. The molecule has 1 aliphatic heterocycles. The van der Waals surface area contributed by atoms with E-state index in [-0.39, 0.29) is 0 Å². The Bertz CT molecular complexity index is 331. The molecule has 1 aliphatic rings. The summed E-state index contributed by atoms with van der Waals surface area (Å²) in [6, 6.07) is 3.91. The molecule has 0 saturated carbocycles. The summed E-state index contributed by atoms with van der Waals surface area (Å²) in [5.74, 6) is 0.823. The second kappa shape index (κ2) is 2.58. The van der Waals surface area contributed by atoms with Crippen molar-refractivity contribution < 1.29 is 0 Å². The fraction of sp³-hybridized carbons (Fsp3) is 0.125. The van der Waals surface area contributed by atoms with Crippen LogP contribution >= 0.6 is 0 Å². The Morgan fingerprint density at radius 2 is 2.45 bits per heavy atom. The predicted molar refractivity (Wildman–Crippen MR) is 46.5 cm³/mol. The van der Waals surface area contributed by atoms with Gasteiger partial charge in [0, 0.05) is 17.5 Å². The van der Waals surface area contributed by atoms with Crippen LogP contribution < -0.4 is 0 Å². The normalized spacial score (nSPS) is 21.3. The first kappa shape index (κ1) is 6.73. The molecule has 2 heterocycles. The Hall–Kier alpha value is -0.960. The molecule has 1 unspecified atom stereocenters. The van der Waals surface area contributed by atoms with Gasteiger partial charge in [0.05, 0.1) is 0 Å². The number of hydrogen-bond acceptors (Lipinski definition) is 2. The van der Waals surface area contributed by atoms with Gasteiger partial charge in [-0.05, 0) is 16.8 Å². The van der Waals surface area contributed by atoms with E-state index in [9.17, 15) is 0 Å². The summed E-state index contributed by atoms with van der Waals surface area (Å²) in [7, 11) is -0.413. The van der Waals surface area contributed by atoms with Crippen LogP contribution in [0.15, 0.2) is 29.4 Å². The molecule has 1 aromatic rings. The van der Waals surface area contributed by atoms with Crippen molar-refractivity contribution in [3.63, 3.8) is 0 Å². The van der Waals surface area contributed by atoms with E-state index in [0.29, 0.717) is 0 Å². The Labute approximate surface area is 67.9 Å². The van der Waals surface area contributed by atoms with Crippen molar-refractivity contribution >= 4 is 16.8 Å². The van der Waals surface area contributed by atoms with Crippen molar-refractivity contribution in [3.8, 4) is 0 Å². The van der Waals surface area contributed by atoms with Crippen LogP contribution in [0.3, 0.4) is 0 Å². The highest BCUT2D eigenvalue weighted by Gasteiger charge is 2.07. The number of fused-ring (bicyclic) bond motifs is 1. The van der Waals surface area contributed by atoms with Gasteiger partial charge in [0.2, 0.25) is 0 Å². The van der Waals surface area contributed by atoms with Crippen LogP contribution in [-0.4, -0.2) is 10.7 Å². The van der Waals surface area contributed by atoms with Crippen LogP contribution in [0.1, 0.15) is 5.56 Å². The number of nitrogens with one attached hydrogen (secondary N) is 1. The molecule has 1 N–H and O–H groups in total. The Morgan fingerprint density at radius 3 is 3.27 bits per heavy atom. The second-order valence-corrected chi connectivity index (χ2v) is 3.86. The van der Waals surface area contributed by atoms with E-state index in [4.69, 9.17) is 4.78 Å². The highest BCUT2D eigenvalue weighted by atomic mass is 32.2. The zero-order chi connectivity index (χ0) is 7.68. The smallest absolute Gasteiger partial charge is 0.114 e. The van der Waals surface area contributed by atoms with Crippen LogP contribution in [-0.2, 0) is 10.7 Å². The summed E-state index contributed by atoms with van der Waals surface area (Å²) in [4.78, 5) is 4.17. The van der Waals surface area contributed by atoms with E-state index in [2.05, 4.69) is 4.98 Å². The molecule has 0 amide bonds. The van der Waals surface area contributed by atoms with Crippen molar-refractivity contribution in [3.05, 3.63) is 30.0 Å². The molecule has 2 nitrogen and oxygen atoms in total. The minimum Gasteiger partial charge on any atom is -0.274 e. The third kappa shape index (κ3) is 1.12. The van der Waals surface area contributed by atoms with Crippen molar-refractivity contribution in [1.82, 2.24) is 4.98 Å². The minimum absolute atomic E-state index is 0.413. The van der Waals surface area contributed by atoms with Gasteiger partial charge in [-0.1, -0.05) is 18.2 Å². The van der Waals surface area contributed by atoms with Gasteiger partial charge in [-0.25, -0.2) is 4.98 Å². The molecule has 1 aromatic heterocycles. The SMILES string of the molecule is N=S1CC=Cc2cccnc21. The third-order valence-corrected chi connectivity index (χ3v) is 2.93. The van der Waals surface area contributed by atoms with Crippen molar-refractivity contribution in [2.24, 2.45) is 0 Å². The largest absolute Gasteiger partial charge is 0.274 e. The van der Waals surface area contributed by atoms with Gasteiger partial charge in [-0.15, -0.1) is 0 Å². The molecule has 0 saturated heterocycles. The zero-order valence-electron chi connectivity index (χ0n) is 5.95. The van der Waals surface area contributed by atoms with E-state index in [0.717, 1.165) is 16.3 Å². The van der Waals surface area contributed by atoms with Gasteiger partial charge in [0.1, 0.15) is 5.03 Å². The molecule has 0 bridgehead atoms. The van der Waals surface area contributed by atoms with E-state index in [1.54, 1.807) is 6.20 Å². The number of pyridine rings is 1. The predicted octanol–water partition coefficient (Wildman–Crippen LogP) is 1.85. The van der Waals surface area contributed by atoms with Gasteiger partial charge in [0.25, 0.3) is 0 Å². The number of hydrogen-bond donors (Lipinski definition) is 1. The molecule has 0 radical (unpaired) electrons. The third-order valence-electron chi connectivity index (χ3n) is 1.59. The topological polar surface area (TPSA) is 36.7 Å². The molecule has 0 aliphatic carbocycles. The van der Waals surface area contributed by atoms with Gasteiger partial charge in [-0.2, -0.15) is 0 Å². The van der Waals surface area contributed by atoms with Crippen LogP contribution in [0.4, 0.5) is 0 Å². The van der Waals surface area contributed by atoms with E-state index in [1.807, 2.05) is 24.3 Å². The molecule has 0 fully saturated rings. The van der Waals surface area contributed by atoms with Gasteiger partial charge < -0.3 is 0 Å². The zero-order valence-corrected chi connectivity index (χ0v) is 6.77. The van der Waals surface area contributed by atoms with Gasteiger partial charge >= 0.3 is 0 Å². The maximum absolute atomic E-state index is 7.67. The number of aromatic nitrogens is 1. The average molecular weight is 164 g/mol. The first-order valence-corrected chi connectivity index (χ1v) is 4.81. The number of nitrogens with zero attached hydrogens (tertiary/aromatic N) is 1. The monoisotopic (exact) mass is 164 g/mol. The van der Waals surface area contributed by atoms with Crippen molar-refractivity contribution in [1.29, 1.82) is 4.78 Å². The lowest BCUT2D eigenvalue weighted by Crippen LogP contribution is -2.02. The standard InChI is InChI=1S/C8H8N2S/c9-11-6-2-4-7-3-1-5-10-8(7)11/h1-5,9H,6H2. The van der Waals surface area contributed by atoms with Gasteiger partial charge in [-0.3, -0.25) is 4.78 Å². The van der Waals surface area contributed by atoms with E-state index >= 15 is 0 Å². The molecule has 3 heteroatoms. The second-order valence-electron chi connectivity index (χ2n) is 2.36. The lowest BCUT2D eigenvalue weighted by Gasteiger charge is -2.09. The Morgan fingerprint density at radius 1 is 1.55 bits per heavy atom. The quantitative estimate of drug-likeness (QED) is 0.624. The summed E-state index contributed by atoms with van der Waals surface area (Å²) in [5, 5.41) is 0.940. The molecule has 0 aromatic carbocycles. The molecule has 11 heavy (non-hydrogen) atoms. The molecule has 0 spiro atoms.